The molecule has 0 aromatic rings. The lowest BCUT2D eigenvalue weighted by Gasteiger charge is -2.21. The van der Waals surface area contributed by atoms with E-state index in [0.29, 0.717) is 19.3 Å². The van der Waals surface area contributed by atoms with Crippen molar-refractivity contribution in [3.8, 4) is 0 Å². The van der Waals surface area contributed by atoms with E-state index in [2.05, 4.69) is 112 Å². The second-order valence-corrected chi connectivity index (χ2v) is 18.0. The van der Waals surface area contributed by atoms with E-state index in [-0.39, 0.29) is 25.9 Å². The van der Waals surface area contributed by atoms with Crippen molar-refractivity contribution in [2.45, 2.75) is 200 Å². The number of aliphatic hydroxyl groups is 1. The first-order valence-electron chi connectivity index (χ1n) is 25.8. The monoisotopic (exact) mass is 971 g/mol. The van der Waals surface area contributed by atoms with Crippen LogP contribution in [0.25, 0.3) is 0 Å². The molecule has 3 atom stereocenters. The summed E-state index contributed by atoms with van der Waals surface area (Å²) >= 11 is 0. The molecule has 0 bridgehead atoms. The molecule has 0 rings (SSSR count). The Balaban J connectivity index is 4.83. The summed E-state index contributed by atoms with van der Waals surface area (Å²) in [6.07, 6.45) is 58.0. The number of hydrogen-bond donors (Lipinski definition) is 2. The van der Waals surface area contributed by atoms with Crippen molar-refractivity contribution in [2.24, 2.45) is 0 Å². The van der Waals surface area contributed by atoms with Crippen molar-refractivity contribution in [1.29, 1.82) is 0 Å². The Morgan fingerprint density at radius 1 is 0.426 bits per heavy atom. The first-order chi connectivity index (χ1) is 33.2. The Labute approximate surface area is 412 Å². The molecule has 386 valence electrons. The molecular formula is C56H91O11P. The van der Waals surface area contributed by atoms with Crippen LogP contribution in [0.2, 0.25) is 0 Å². The molecule has 0 radical (unpaired) electrons. The molecule has 2 N–H and O–H groups in total. The van der Waals surface area contributed by atoms with Crippen molar-refractivity contribution in [3.05, 3.63) is 109 Å². The van der Waals surface area contributed by atoms with Crippen LogP contribution in [0.5, 0.6) is 0 Å². The molecule has 0 saturated heterocycles. The van der Waals surface area contributed by atoms with E-state index in [4.69, 9.17) is 23.3 Å². The van der Waals surface area contributed by atoms with E-state index < -0.39 is 57.8 Å². The zero-order valence-electron chi connectivity index (χ0n) is 42.3. The highest BCUT2D eigenvalue weighted by Crippen LogP contribution is 2.43. The maximum absolute atomic E-state index is 12.8. The molecule has 68 heavy (non-hydrogen) atoms. The number of unbranched alkanes of at least 4 members (excludes halogenated alkanes) is 11. The molecule has 0 fully saturated rings. The molecule has 0 aliphatic carbocycles. The van der Waals surface area contributed by atoms with Gasteiger partial charge in [0.25, 0.3) is 0 Å². The first-order valence-corrected chi connectivity index (χ1v) is 27.3. The van der Waals surface area contributed by atoms with Gasteiger partial charge in [0, 0.05) is 19.3 Å². The fourth-order valence-corrected chi connectivity index (χ4v) is 7.12. The summed E-state index contributed by atoms with van der Waals surface area (Å²) < 4.78 is 39.2. The van der Waals surface area contributed by atoms with Gasteiger partial charge in [0.15, 0.2) is 6.10 Å². The third kappa shape index (κ3) is 47.2. The third-order valence-electron chi connectivity index (χ3n) is 10.2. The fourth-order valence-electron chi connectivity index (χ4n) is 6.34. The number of phosphoric acid groups is 1. The minimum absolute atomic E-state index is 0.0488. The Kier molecular flexibility index (Phi) is 46.7. The first kappa shape index (κ1) is 64.1. The lowest BCUT2D eigenvalue weighted by Crippen LogP contribution is -2.30. The zero-order chi connectivity index (χ0) is 49.9. The van der Waals surface area contributed by atoms with Gasteiger partial charge in [0.2, 0.25) is 0 Å². The Morgan fingerprint density at radius 2 is 0.794 bits per heavy atom. The van der Waals surface area contributed by atoms with E-state index >= 15 is 0 Å². The average Bonchev–Trinajstić information content (AvgIpc) is 3.32. The Morgan fingerprint density at radius 3 is 1.26 bits per heavy atom. The maximum Gasteiger partial charge on any atom is 0.472 e. The average molecular weight is 971 g/mol. The number of allylic oxidation sites excluding steroid dienone is 18. The Hall–Kier alpha value is -3.86. The molecule has 0 aromatic heterocycles. The van der Waals surface area contributed by atoms with Crippen LogP contribution >= 0.6 is 7.82 Å². The van der Waals surface area contributed by atoms with Gasteiger partial charge in [-0.25, -0.2) is 4.57 Å². The second-order valence-electron chi connectivity index (χ2n) is 16.6. The summed E-state index contributed by atoms with van der Waals surface area (Å²) in [5.74, 6) is -1.61. The maximum atomic E-state index is 12.8. The van der Waals surface area contributed by atoms with Crippen LogP contribution in [0.15, 0.2) is 109 Å². The van der Waals surface area contributed by atoms with Crippen LogP contribution in [-0.2, 0) is 42.2 Å². The second kappa shape index (κ2) is 49.6. The quantitative estimate of drug-likeness (QED) is 0.0197. The lowest BCUT2D eigenvalue weighted by molar-refractivity contribution is -0.161. The smallest absolute Gasteiger partial charge is 0.462 e. The summed E-state index contributed by atoms with van der Waals surface area (Å²) in [5, 5.41) is 9.75. The lowest BCUT2D eigenvalue weighted by atomic mass is 10.1. The highest BCUT2D eigenvalue weighted by molar-refractivity contribution is 7.47. The molecule has 0 aromatic carbocycles. The van der Waals surface area contributed by atoms with E-state index in [9.17, 15) is 28.9 Å². The number of carbonyl (C=O) groups excluding carboxylic acids is 3. The molecule has 0 amide bonds. The van der Waals surface area contributed by atoms with Crippen LogP contribution < -0.4 is 0 Å². The minimum Gasteiger partial charge on any atom is -0.462 e. The van der Waals surface area contributed by atoms with Crippen molar-refractivity contribution in [1.82, 2.24) is 0 Å². The molecule has 0 aliphatic rings. The Bertz CT molecular complexity index is 1550. The highest BCUT2D eigenvalue weighted by Gasteiger charge is 2.28. The van der Waals surface area contributed by atoms with E-state index in [0.717, 1.165) is 96.3 Å². The van der Waals surface area contributed by atoms with Gasteiger partial charge in [-0.1, -0.05) is 188 Å². The highest BCUT2D eigenvalue weighted by atomic mass is 31.2. The van der Waals surface area contributed by atoms with Crippen LogP contribution in [0.3, 0.4) is 0 Å². The number of esters is 3. The van der Waals surface area contributed by atoms with Gasteiger partial charge < -0.3 is 24.2 Å². The molecule has 0 saturated carbocycles. The number of phosphoric ester groups is 1. The molecule has 12 heteroatoms. The van der Waals surface area contributed by atoms with Gasteiger partial charge in [0.1, 0.15) is 12.7 Å². The molecule has 0 heterocycles. The fraction of sp³-hybridized carbons (Fsp3) is 0.625. The van der Waals surface area contributed by atoms with E-state index in [1.807, 2.05) is 18.2 Å². The van der Waals surface area contributed by atoms with E-state index in [1.54, 1.807) is 0 Å². The summed E-state index contributed by atoms with van der Waals surface area (Å²) in [7, 11) is -4.77. The predicted molar refractivity (Wildman–Crippen MR) is 279 cm³/mol. The summed E-state index contributed by atoms with van der Waals surface area (Å²) in [6.45, 7) is 4.23. The number of aliphatic hydroxyl groups excluding tert-OH is 1. The van der Waals surface area contributed by atoms with Gasteiger partial charge >= 0.3 is 25.7 Å². The zero-order valence-corrected chi connectivity index (χ0v) is 43.2. The van der Waals surface area contributed by atoms with Crippen molar-refractivity contribution < 1.29 is 52.2 Å². The SMILES string of the molecule is CC/C=C\C/C=C\C/C=C\C/C=C\C/C=C\CCCCCC(=O)OC(COC(=O)CCCCCCCCCCC)COP(=O)(O)OCC(CO)OC(=O)CC/C=C\C/C=C\C/C=C\C/C=C\CC. The normalized spacial score (nSPS) is 14.4. The topological polar surface area (TPSA) is 155 Å². The summed E-state index contributed by atoms with van der Waals surface area (Å²) in [6, 6.07) is 0. The van der Waals surface area contributed by atoms with E-state index in [1.165, 1.54) is 32.1 Å². The third-order valence-corrected chi connectivity index (χ3v) is 11.2. The summed E-state index contributed by atoms with van der Waals surface area (Å²) in [5.41, 5.74) is 0. The van der Waals surface area contributed by atoms with Gasteiger partial charge in [0.05, 0.1) is 19.8 Å². The van der Waals surface area contributed by atoms with Crippen LogP contribution in [-0.4, -0.2) is 66.5 Å². The van der Waals surface area contributed by atoms with Crippen molar-refractivity contribution in [3.63, 3.8) is 0 Å². The van der Waals surface area contributed by atoms with Gasteiger partial charge in [-0.05, 0) is 89.9 Å². The van der Waals surface area contributed by atoms with Crippen molar-refractivity contribution >= 4 is 25.7 Å². The number of carbonyl (C=O) groups is 3. The largest absolute Gasteiger partial charge is 0.472 e. The predicted octanol–water partition coefficient (Wildman–Crippen LogP) is 14.7. The van der Waals surface area contributed by atoms with Gasteiger partial charge in [-0.3, -0.25) is 23.4 Å². The molecular weight excluding hydrogens is 880 g/mol. The molecule has 3 unspecified atom stereocenters. The molecule has 0 aliphatic heterocycles. The number of rotatable bonds is 46. The van der Waals surface area contributed by atoms with Crippen LogP contribution in [0.1, 0.15) is 188 Å². The van der Waals surface area contributed by atoms with Crippen LogP contribution in [0, 0.1) is 0 Å². The minimum atomic E-state index is -4.77. The van der Waals surface area contributed by atoms with Gasteiger partial charge in [-0.2, -0.15) is 0 Å². The molecule has 11 nitrogen and oxygen atoms in total. The molecule has 0 spiro atoms. The van der Waals surface area contributed by atoms with Crippen LogP contribution in [0.4, 0.5) is 0 Å². The van der Waals surface area contributed by atoms with Crippen molar-refractivity contribution in [2.75, 3.05) is 26.4 Å². The summed E-state index contributed by atoms with van der Waals surface area (Å²) in [4.78, 5) is 48.2. The standard InChI is InChI=1S/C56H91O11P/c1-4-7-10-13-16-19-21-23-24-25-26-27-28-30-32-35-38-41-44-47-56(60)67-53(49-63-54(58)45-42-39-36-33-18-15-12-9-6-3)51-65-68(61,62)64-50-52(48-57)66-55(59)46-43-40-37-34-31-29-22-20-17-14-11-8-5-2/h7-8,10-11,16-17,19-20,23-24,26-27,29-32,37,40,52-53,57H,4-6,9,12-15,18,21-22,25,28,33-36,38-39,41-51H2,1-3H3,(H,61,62)/b10-7-,11-8-,19-16-,20-17-,24-23-,27-26-,31-29-,32-30-,40-37-. The van der Waals surface area contributed by atoms with Gasteiger partial charge in [-0.15, -0.1) is 0 Å². The number of ether oxygens (including phenoxy) is 3. The number of hydrogen-bond acceptors (Lipinski definition) is 10.